The van der Waals surface area contributed by atoms with Crippen LogP contribution in [0.15, 0.2) is 44.3 Å². The molecule has 4 aromatic rings. The molecular weight excluding hydrogens is 344 g/mol. The number of H-pyrrole nitrogens is 2. The van der Waals surface area contributed by atoms with Crippen molar-refractivity contribution in [2.75, 3.05) is 5.32 Å². The summed E-state index contributed by atoms with van der Waals surface area (Å²) < 4.78 is 5.03. The Morgan fingerprint density at radius 1 is 1.16 bits per heavy atom. The zero-order valence-electron chi connectivity index (χ0n) is 13.1. The molecule has 0 aliphatic carbocycles. The molecular formula is C17H13ClN4O3. The van der Waals surface area contributed by atoms with Crippen LogP contribution >= 0.6 is 11.6 Å². The Morgan fingerprint density at radius 2 is 2.00 bits per heavy atom. The minimum absolute atomic E-state index is 0.183. The molecule has 0 bridgehead atoms. The molecule has 0 saturated heterocycles. The summed E-state index contributed by atoms with van der Waals surface area (Å²) in [5.41, 5.74) is 2.65. The predicted octanol–water partition coefficient (Wildman–Crippen LogP) is 2.93. The molecule has 0 fully saturated rings. The Hall–Kier alpha value is -3.06. The number of oxazole rings is 1. The van der Waals surface area contributed by atoms with Crippen LogP contribution < -0.4 is 16.6 Å². The molecule has 0 aliphatic rings. The summed E-state index contributed by atoms with van der Waals surface area (Å²) >= 11 is 6.00. The fourth-order valence-electron chi connectivity index (χ4n) is 2.74. The number of fused-ring (bicyclic) bond motifs is 2. The Morgan fingerprint density at radius 3 is 2.84 bits per heavy atom. The summed E-state index contributed by atoms with van der Waals surface area (Å²) in [7, 11) is 0. The van der Waals surface area contributed by atoms with Gasteiger partial charge < -0.3 is 14.7 Å². The van der Waals surface area contributed by atoms with Gasteiger partial charge in [0.15, 0.2) is 5.58 Å². The van der Waals surface area contributed by atoms with Gasteiger partial charge in [-0.2, -0.15) is 0 Å². The Bertz CT molecular complexity index is 1220. The van der Waals surface area contributed by atoms with Crippen LogP contribution in [0, 0.1) is 6.92 Å². The van der Waals surface area contributed by atoms with E-state index in [4.69, 9.17) is 16.0 Å². The zero-order chi connectivity index (χ0) is 17.6. The molecule has 3 N–H and O–H groups in total. The van der Waals surface area contributed by atoms with E-state index in [1.54, 1.807) is 37.3 Å². The lowest BCUT2D eigenvalue weighted by molar-refractivity contribution is 0.552. The molecule has 0 amide bonds. The van der Waals surface area contributed by atoms with E-state index in [1.807, 2.05) is 0 Å². The van der Waals surface area contributed by atoms with Crippen LogP contribution in [0.25, 0.3) is 22.0 Å². The second-order valence-corrected chi connectivity index (χ2v) is 6.13. The lowest BCUT2D eigenvalue weighted by Crippen LogP contribution is -2.16. The summed E-state index contributed by atoms with van der Waals surface area (Å²) in [6.45, 7) is 2.02. The molecule has 25 heavy (non-hydrogen) atoms. The zero-order valence-corrected chi connectivity index (χ0v) is 13.9. The molecule has 8 heteroatoms. The second-order valence-electron chi connectivity index (χ2n) is 5.69. The summed E-state index contributed by atoms with van der Waals surface area (Å²) in [6, 6.07) is 8.74. The topological polar surface area (TPSA) is 104 Å². The van der Waals surface area contributed by atoms with Gasteiger partial charge in [0.05, 0.1) is 11.2 Å². The average Bonchev–Trinajstić information content (AvgIpc) is 2.94. The lowest BCUT2D eigenvalue weighted by atomic mass is 10.1. The quantitative estimate of drug-likeness (QED) is 0.523. The highest BCUT2D eigenvalue weighted by molar-refractivity contribution is 6.31. The van der Waals surface area contributed by atoms with Crippen LogP contribution in [0.5, 0.6) is 0 Å². The Labute approximate surface area is 145 Å². The number of hydrogen-bond donors (Lipinski definition) is 3. The lowest BCUT2D eigenvalue weighted by Gasteiger charge is -2.07. The van der Waals surface area contributed by atoms with Crippen LogP contribution in [-0.4, -0.2) is 15.0 Å². The number of pyridine rings is 2. The molecule has 3 aromatic heterocycles. The maximum Gasteiger partial charge on any atom is 0.417 e. The first kappa shape index (κ1) is 15.5. The van der Waals surface area contributed by atoms with Gasteiger partial charge in [0, 0.05) is 34.1 Å². The van der Waals surface area contributed by atoms with Crippen molar-refractivity contribution in [3.63, 3.8) is 0 Å². The summed E-state index contributed by atoms with van der Waals surface area (Å²) in [5.74, 6) is 0.00698. The molecule has 4 rings (SSSR count). The highest BCUT2D eigenvalue weighted by Crippen LogP contribution is 2.19. The molecule has 1 aromatic carbocycles. The summed E-state index contributed by atoms with van der Waals surface area (Å²) in [5, 5.41) is 4.55. The first-order valence-corrected chi connectivity index (χ1v) is 7.93. The number of anilines is 1. The molecule has 0 spiro atoms. The number of aromatic amines is 2. The van der Waals surface area contributed by atoms with Gasteiger partial charge in [0.25, 0.3) is 5.56 Å². The fraction of sp³-hybridized carbons (Fsp3) is 0.118. The van der Waals surface area contributed by atoms with Gasteiger partial charge in [0.2, 0.25) is 0 Å². The van der Waals surface area contributed by atoms with Crippen molar-refractivity contribution in [2.45, 2.75) is 13.5 Å². The smallest absolute Gasteiger partial charge is 0.406 e. The number of nitrogens with zero attached hydrogens (tertiary/aromatic N) is 1. The number of nitrogens with one attached hydrogen (secondary N) is 3. The SMILES string of the molecule is Cc1nc(NCc2cc3cc(Cl)ccc3[nH]c2=O)cc2[nH]c(=O)oc12. The van der Waals surface area contributed by atoms with E-state index in [-0.39, 0.29) is 12.1 Å². The van der Waals surface area contributed by atoms with E-state index >= 15 is 0 Å². The number of aryl methyl sites for hydroxylation is 1. The largest absolute Gasteiger partial charge is 0.417 e. The minimum atomic E-state index is -0.528. The molecule has 0 aliphatic heterocycles. The minimum Gasteiger partial charge on any atom is -0.406 e. The van der Waals surface area contributed by atoms with Crippen molar-refractivity contribution in [3.05, 3.63) is 67.5 Å². The van der Waals surface area contributed by atoms with E-state index < -0.39 is 5.76 Å². The van der Waals surface area contributed by atoms with Gasteiger partial charge in [-0.25, -0.2) is 9.78 Å². The van der Waals surface area contributed by atoms with E-state index in [1.165, 1.54) is 0 Å². The van der Waals surface area contributed by atoms with Crippen LogP contribution in [0.3, 0.4) is 0 Å². The van der Waals surface area contributed by atoms with E-state index in [0.717, 1.165) is 10.9 Å². The Balaban J connectivity index is 1.67. The summed E-state index contributed by atoms with van der Waals surface area (Å²) in [6.07, 6.45) is 0. The monoisotopic (exact) mass is 356 g/mol. The predicted molar refractivity (Wildman–Crippen MR) is 96.3 cm³/mol. The van der Waals surface area contributed by atoms with E-state index in [9.17, 15) is 9.59 Å². The van der Waals surface area contributed by atoms with E-state index in [0.29, 0.717) is 33.2 Å². The molecule has 0 unspecified atom stereocenters. The maximum absolute atomic E-state index is 12.2. The van der Waals surface area contributed by atoms with E-state index in [2.05, 4.69) is 20.3 Å². The third-order valence-corrected chi connectivity index (χ3v) is 4.15. The molecule has 3 heterocycles. The Kier molecular flexibility index (Phi) is 3.58. The number of halogens is 1. The van der Waals surface area contributed by atoms with Gasteiger partial charge >= 0.3 is 5.76 Å². The van der Waals surface area contributed by atoms with Gasteiger partial charge in [-0.05, 0) is 31.2 Å². The van der Waals surface area contributed by atoms with Crippen molar-refractivity contribution in [3.8, 4) is 0 Å². The van der Waals surface area contributed by atoms with Gasteiger partial charge in [-0.15, -0.1) is 0 Å². The van der Waals surface area contributed by atoms with Crippen molar-refractivity contribution >= 4 is 39.4 Å². The number of hydrogen-bond acceptors (Lipinski definition) is 5. The summed E-state index contributed by atoms with van der Waals surface area (Å²) in [4.78, 5) is 33.3. The highest BCUT2D eigenvalue weighted by Gasteiger charge is 2.09. The second kappa shape index (κ2) is 5.78. The molecule has 0 saturated carbocycles. The standard InChI is InChI=1S/C17H13ClN4O3/c1-8-15-13(22-17(24)25-15)6-14(20-8)19-7-10-4-9-5-11(18)2-3-12(9)21-16(10)23/h2-6H,7H2,1H3,(H,19,20)(H,21,23)(H,22,24). The van der Waals surface area contributed by atoms with Gasteiger partial charge in [0.1, 0.15) is 5.82 Å². The van der Waals surface area contributed by atoms with Crippen molar-refractivity contribution in [1.29, 1.82) is 0 Å². The van der Waals surface area contributed by atoms with Gasteiger partial charge in [-0.1, -0.05) is 11.6 Å². The molecule has 0 radical (unpaired) electrons. The van der Waals surface area contributed by atoms with Crippen LogP contribution in [0.4, 0.5) is 5.82 Å². The van der Waals surface area contributed by atoms with Crippen molar-refractivity contribution in [1.82, 2.24) is 15.0 Å². The first-order valence-electron chi connectivity index (χ1n) is 7.55. The third-order valence-electron chi connectivity index (χ3n) is 3.92. The molecule has 126 valence electrons. The van der Waals surface area contributed by atoms with Crippen molar-refractivity contribution in [2.24, 2.45) is 0 Å². The average molecular weight is 357 g/mol. The first-order chi connectivity index (χ1) is 12.0. The number of benzene rings is 1. The number of rotatable bonds is 3. The fourth-order valence-corrected chi connectivity index (χ4v) is 2.92. The van der Waals surface area contributed by atoms with Crippen molar-refractivity contribution < 1.29 is 4.42 Å². The van der Waals surface area contributed by atoms with Gasteiger partial charge in [-0.3, -0.25) is 9.78 Å². The van der Waals surface area contributed by atoms with Crippen LogP contribution in [0.1, 0.15) is 11.3 Å². The van der Waals surface area contributed by atoms with Crippen LogP contribution in [0.2, 0.25) is 5.02 Å². The maximum atomic E-state index is 12.2. The molecule has 0 atom stereocenters. The highest BCUT2D eigenvalue weighted by atomic mass is 35.5. The number of aromatic nitrogens is 3. The third kappa shape index (κ3) is 2.89. The van der Waals surface area contributed by atoms with Crippen LogP contribution in [-0.2, 0) is 6.54 Å². The molecule has 7 nitrogen and oxygen atoms in total. The normalized spacial score (nSPS) is 11.3.